The van der Waals surface area contributed by atoms with Crippen molar-refractivity contribution >= 4 is 28.5 Å². The summed E-state index contributed by atoms with van der Waals surface area (Å²) >= 11 is 1.47. The maximum absolute atomic E-state index is 12.9. The summed E-state index contributed by atoms with van der Waals surface area (Å²) in [6.45, 7) is 3.89. The Bertz CT molecular complexity index is 708. The van der Waals surface area contributed by atoms with Gasteiger partial charge in [-0.3, -0.25) is 9.79 Å². The highest BCUT2D eigenvalue weighted by atomic mass is 32.2. The highest BCUT2D eigenvalue weighted by Crippen LogP contribution is 2.39. The minimum absolute atomic E-state index is 0.110. The van der Waals surface area contributed by atoms with Gasteiger partial charge in [0, 0.05) is 42.7 Å². The van der Waals surface area contributed by atoms with E-state index in [4.69, 9.17) is 9.47 Å². The lowest BCUT2D eigenvalue weighted by atomic mass is 10.2. The highest BCUT2D eigenvalue weighted by molar-refractivity contribution is 8.18. The van der Waals surface area contributed by atoms with Crippen LogP contribution < -0.4 is 14.8 Å². The molecule has 134 valence electrons. The third-order valence-electron chi connectivity index (χ3n) is 4.10. The maximum atomic E-state index is 12.9. The van der Waals surface area contributed by atoms with E-state index >= 15 is 0 Å². The van der Waals surface area contributed by atoms with Gasteiger partial charge in [0.25, 0.3) is 5.91 Å². The molecular formula is C18H23N3O3S. The molecule has 2 heterocycles. The molecular weight excluding hydrogens is 338 g/mol. The van der Waals surface area contributed by atoms with Crippen LogP contribution in [0.15, 0.2) is 33.8 Å². The molecule has 1 aromatic carbocycles. The number of fused-ring (bicyclic) bond motifs is 1. The zero-order chi connectivity index (χ0) is 17.8. The lowest BCUT2D eigenvalue weighted by Gasteiger charge is -2.25. The second-order valence-electron chi connectivity index (χ2n) is 5.85. The zero-order valence-corrected chi connectivity index (χ0v) is 15.6. The van der Waals surface area contributed by atoms with Gasteiger partial charge in [-0.2, -0.15) is 0 Å². The van der Waals surface area contributed by atoms with E-state index in [-0.39, 0.29) is 5.91 Å². The number of rotatable bonds is 6. The second kappa shape index (κ2) is 7.82. The molecule has 0 spiro atoms. The number of aliphatic imine (C=N–C) groups is 1. The van der Waals surface area contributed by atoms with Gasteiger partial charge >= 0.3 is 0 Å². The third kappa shape index (κ3) is 3.76. The molecule has 0 bridgehead atoms. The number of anilines is 1. The number of amidine groups is 1. The smallest absolute Gasteiger partial charge is 0.264 e. The monoisotopic (exact) mass is 361 g/mol. The molecule has 7 heteroatoms. The van der Waals surface area contributed by atoms with Crippen LogP contribution in [0.5, 0.6) is 11.5 Å². The number of methoxy groups -OCH3 is 2. The van der Waals surface area contributed by atoms with Crippen molar-refractivity contribution in [3.05, 3.63) is 28.8 Å². The fourth-order valence-corrected chi connectivity index (χ4v) is 4.05. The van der Waals surface area contributed by atoms with Crippen LogP contribution in [0, 0.1) is 0 Å². The Kier molecular flexibility index (Phi) is 5.53. The van der Waals surface area contributed by atoms with Crippen LogP contribution >= 0.6 is 11.8 Å². The first-order valence-corrected chi connectivity index (χ1v) is 9.25. The summed E-state index contributed by atoms with van der Waals surface area (Å²) < 4.78 is 10.5. The number of nitrogens with one attached hydrogen (secondary N) is 1. The van der Waals surface area contributed by atoms with Crippen molar-refractivity contribution < 1.29 is 14.3 Å². The quantitative estimate of drug-likeness (QED) is 0.841. The Labute approximate surface area is 152 Å². The summed E-state index contributed by atoms with van der Waals surface area (Å²) in [4.78, 5) is 20.4. The van der Waals surface area contributed by atoms with Gasteiger partial charge in [-0.05, 0) is 24.6 Å². The van der Waals surface area contributed by atoms with Gasteiger partial charge < -0.3 is 19.7 Å². The molecule has 0 atom stereocenters. The summed E-state index contributed by atoms with van der Waals surface area (Å²) in [6, 6.07) is 5.34. The maximum Gasteiger partial charge on any atom is 0.264 e. The summed E-state index contributed by atoms with van der Waals surface area (Å²) in [7, 11) is 3.18. The van der Waals surface area contributed by atoms with Crippen molar-refractivity contribution in [3.63, 3.8) is 0 Å². The van der Waals surface area contributed by atoms with Crippen LogP contribution in [0.25, 0.3) is 0 Å². The van der Waals surface area contributed by atoms with Crippen molar-refractivity contribution in [2.75, 3.05) is 32.6 Å². The molecule has 1 aromatic rings. The average molecular weight is 361 g/mol. The number of hydrogen-bond donors (Lipinski definition) is 1. The Hall–Kier alpha value is -2.15. The number of nitrogens with zero attached hydrogens (tertiary/aromatic N) is 2. The Morgan fingerprint density at radius 2 is 2.00 bits per heavy atom. The first-order chi connectivity index (χ1) is 12.2. The minimum atomic E-state index is -0.110. The summed E-state index contributed by atoms with van der Waals surface area (Å²) in [5.74, 6) is 1.16. The molecule has 2 aliphatic heterocycles. The summed E-state index contributed by atoms with van der Waals surface area (Å²) in [5, 5.41) is 3.92. The van der Waals surface area contributed by atoms with Crippen LogP contribution in [0.2, 0.25) is 0 Å². The number of ether oxygens (including phenoxy) is 2. The fraction of sp³-hybridized carbons (Fsp3) is 0.444. The SMILES string of the molecule is CCCC1=C(C(=O)Nc2cc(OC)cc(OC)c2)SC2=NCCCN21. The molecule has 0 aromatic heterocycles. The second-order valence-corrected chi connectivity index (χ2v) is 6.83. The van der Waals surface area contributed by atoms with E-state index in [1.807, 2.05) is 0 Å². The first kappa shape index (κ1) is 17.7. The van der Waals surface area contributed by atoms with E-state index in [1.165, 1.54) is 11.8 Å². The van der Waals surface area contributed by atoms with Crippen LogP contribution in [0.1, 0.15) is 26.2 Å². The van der Waals surface area contributed by atoms with Gasteiger partial charge in [0.15, 0.2) is 5.17 Å². The lowest BCUT2D eigenvalue weighted by molar-refractivity contribution is -0.112. The van der Waals surface area contributed by atoms with Crippen molar-refractivity contribution in [2.45, 2.75) is 26.2 Å². The number of benzene rings is 1. The van der Waals surface area contributed by atoms with Crippen LogP contribution in [-0.2, 0) is 4.79 Å². The topological polar surface area (TPSA) is 63.2 Å². The predicted molar refractivity (Wildman–Crippen MR) is 101 cm³/mol. The van der Waals surface area contributed by atoms with Crippen LogP contribution in [0.3, 0.4) is 0 Å². The number of hydrogen-bond acceptors (Lipinski definition) is 6. The molecule has 0 saturated carbocycles. The number of carbonyl (C=O) groups is 1. The molecule has 0 aliphatic carbocycles. The molecule has 0 radical (unpaired) electrons. The Morgan fingerprint density at radius 1 is 1.28 bits per heavy atom. The zero-order valence-electron chi connectivity index (χ0n) is 14.8. The van der Waals surface area contributed by atoms with E-state index < -0.39 is 0 Å². The van der Waals surface area contributed by atoms with Crippen molar-refractivity contribution in [1.29, 1.82) is 0 Å². The van der Waals surface area contributed by atoms with E-state index in [2.05, 4.69) is 22.1 Å². The molecule has 6 nitrogen and oxygen atoms in total. The van der Waals surface area contributed by atoms with Gasteiger partial charge in [-0.15, -0.1) is 0 Å². The van der Waals surface area contributed by atoms with Gasteiger partial charge in [-0.25, -0.2) is 0 Å². The number of amides is 1. The normalized spacial score (nSPS) is 16.4. The molecule has 0 fully saturated rings. The van der Waals surface area contributed by atoms with Crippen molar-refractivity contribution in [2.24, 2.45) is 4.99 Å². The standard InChI is InChI=1S/C18H23N3O3S/c1-4-6-15-16(25-18-19-7-5-8-21(15)18)17(22)20-12-9-13(23-2)11-14(10-12)24-3/h9-11H,4-8H2,1-3H3,(H,20,22). The largest absolute Gasteiger partial charge is 0.497 e. The van der Waals surface area contributed by atoms with E-state index in [0.717, 1.165) is 48.1 Å². The average Bonchev–Trinajstić information content (AvgIpc) is 3.00. The first-order valence-electron chi connectivity index (χ1n) is 8.43. The van der Waals surface area contributed by atoms with Gasteiger partial charge in [-0.1, -0.05) is 13.3 Å². The predicted octanol–water partition coefficient (Wildman–Crippen LogP) is 3.46. The van der Waals surface area contributed by atoms with Crippen molar-refractivity contribution in [3.8, 4) is 11.5 Å². The molecule has 3 rings (SSSR count). The van der Waals surface area contributed by atoms with Gasteiger partial charge in [0.1, 0.15) is 11.5 Å². The Morgan fingerprint density at radius 3 is 2.64 bits per heavy atom. The Balaban J connectivity index is 1.85. The van der Waals surface area contributed by atoms with Gasteiger partial charge in [0.05, 0.1) is 19.1 Å². The third-order valence-corrected chi connectivity index (χ3v) is 5.26. The lowest BCUT2D eigenvalue weighted by Crippen LogP contribution is -2.29. The molecule has 1 N–H and O–H groups in total. The van der Waals surface area contributed by atoms with Crippen LogP contribution in [0.4, 0.5) is 5.69 Å². The summed E-state index contributed by atoms with van der Waals surface area (Å²) in [5.41, 5.74) is 1.73. The highest BCUT2D eigenvalue weighted by Gasteiger charge is 2.33. The molecule has 0 saturated heterocycles. The summed E-state index contributed by atoms with van der Waals surface area (Å²) in [6.07, 6.45) is 2.89. The minimum Gasteiger partial charge on any atom is -0.497 e. The molecule has 1 amide bonds. The van der Waals surface area contributed by atoms with Crippen molar-refractivity contribution in [1.82, 2.24) is 4.90 Å². The van der Waals surface area contributed by atoms with E-state index in [9.17, 15) is 4.79 Å². The number of carbonyl (C=O) groups excluding carboxylic acids is 1. The fourth-order valence-electron chi connectivity index (χ4n) is 2.93. The van der Waals surface area contributed by atoms with E-state index in [1.54, 1.807) is 32.4 Å². The number of allylic oxidation sites excluding steroid dienone is 1. The number of thioether (sulfide) groups is 1. The molecule has 0 unspecified atom stereocenters. The van der Waals surface area contributed by atoms with Crippen LogP contribution in [-0.4, -0.2) is 43.3 Å². The van der Waals surface area contributed by atoms with Gasteiger partial charge in [0.2, 0.25) is 0 Å². The molecule has 2 aliphatic rings. The molecule has 25 heavy (non-hydrogen) atoms. The van der Waals surface area contributed by atoms with E-state index in [0.29, 0.717) is 17.2 Å².